The van der Waals surface area contributed by atoms with E-state index in [2.05, 4.69) is 61.1 Å². The third-order valence-corrected chi connectivity index (χ3v) is 11.2. The minimum absolute atomic E-state index is 0.412. The molecule has 0 amide bonds. The predicted molar refractivity (Wildman–Crippen MR) is 107 cm³/mol. The molecule has 0 aliphatic carbocycles. The number of aromatic nitrogens is 4. The van der Waals surface area contributed by atoms with Gasteiger partial charge in [0.1, 0.15) is 10.8 Å². The molecule has 0 atom stereocenters. The van der Waals surface area contributed by atoms with Crippen LogP contribution < -0.4 is 0 Å². The first-order valence-corrected chi connectivity index (χ1v) is 12.2. The van der Waals surface area contributed by atoms with Crippen LogP contribution in [0.4, 0.5) is 0 Å². The molecular formula is C19H25ClN4Si. The molecule has 3 heterocycles. The SMILES string of the molecule is CC(C)(C)[Si](C)(C)CCc1ccnc(-c2cn3nc(Cl)ccc3n2)c1. The van der Waals surface area contributed by atoms with E-state index in [9.17, 15) is 0 Å². The van der Waals surface area contributed by atoms with Crippen molar-refractivity contribution in [3.05, 3.63) is 47.4 Å². The fourth-order valence-electron chi connectivity index (χ4n) is 2.58. The van der Waals surface area contributed by atoms with Crippen LogP contribution in [0.5, 0.6) is 0 Å². The predicted octanol–water partition coefficient (Wildman–Crippen LogP) is 5.50. The summed E-state index contributed by atoms with van der Waals surface area (Å²) in [5, 5.41) is 5.10. The molecule has 0 radical (unpaired) electrons. The molecule has 0 unspecified atom stereocenters. The average Bonchev–Trinajstić information content (AvgIpc) is 2.95. The highest BCUT2D eigenvalue weighted by Crippen LogP contribution is 2.39. The van der Waals surface area contributed by atoms with Crippen LogP contribution in [0, 0.1) is 0 Å². The number of imidazole rings is 1. The largest absolute Gasteiger partial charge is 0.255 e. The van der Waals surface area contributed by atoms with Gasteiger partial charge < -0.3 is 0 Å². The Labute approximate surface area is 155 Å². The first kappa shape index (κ1) is 18.1. The lowest BCUT2D eigenvalue weighted by molar-refractivity contribution is 0.711. The van der Waals surface area contributed by atoms with E-state index in [4.69, 9.17) is 11.6 Å². The number of aryl methyl sites for hydroxylation is 1. The number of hydrogen-bond donors (Lipinski definition) is 0. The highest BCUT2D eigenvalue weighted by atomic mass is 35.5. The topological polar surface area (TPSA) is 43.1 Å². The molecule has 0 aromatic carbocycles. The maximum Gasteiger partial charge on any atom is 0.154 e. The van der Waals surface area contributed by atoms with Crippen molar-refractivity contribution in [3.63, 3.8) is 0 Å². The van der Waals surface area contributed by atoms with Crippen LogP contribution in [-0.2, 0) is 6.42 Å². The van der Waals surface area contributed by atoms with Gasteiger partial charge in [-0.05, 0) is 41.3 Å². The van der Waals surface area contributed by atoms with Crippen LogP contribution in [0.15, 0.2) is 36.7 Å². The van der Waals surface area contributed by atoms with E-state index in [1.807, 2.05) is 18.5 Å². The van der Waals surface area contributed by atoms with Gasteiger partial charge in [-0.3, -0.25) is 4.98 Å². The van der Waals surface area contributed by atoms with E-state index < -0.39 is 8.07 Å². The highest BCUT2D eigenvalue weighted by molar-refractivity contribution is 6.80. The van der Waals surface area contributed by atoms with Gasteiger partial charge in [0.2, 0.25) is 0 Å². The lowest BCUT2D eigenvalue weighted by Crippen LogP contribution is -2.37. The van der Waals surface area contributed by atoms with Crippen molar-refractivity contribution in [3.8, 4) is 11.4 Å². The molecule has 6 heteroatoms. The van der Waals surface area contributed by atoms with Gasteiger partial charge in [-0.1, -0.05) is 51.5 Å². The van der Waals surface area contributed by atoms with Crippen molar-refractivity contribution < 1.29 is 0 Å². The summed E-state index contributed by atoms with van der Waals surface area (Å²) in [5.41, 5.74) is 3.80. The summed E-state index contributed by atoms with van der Waals surface area (Å²) in [7, 11) is -1.28. The first-order valence-electron chi connectivity index (χ1n) is 8.63. The van der Waals surface area contributed by atoms with Gasteiger partial charge in [-0.2, -0.15) is 5.10 Å². The molecule has 0 saturated carbocycles. The Morgan fingerprint density at radius 3 is 2.60 bits per heavy atom. The Morgan fingerprint density at radius 1 is 1.12 bits per heavy atom. The second kappa shape index (κ2) is 6.54. The molecule has 0 aliphatic heterocycles. The molecule has 0 bridgehead atoms. The molecule has 0 spiro atoms. The van der Waals surface area contributed by atoms with Crippen LogP contribution in [0.25, 0.3) is 17.0 Å². The van der Waals surface area contributed by atoms with Gasteiger partial charge in [0.25, 0.3) is 0 Å². The second-order valence-electron chi connectivity index (χ2n) is 8.27. The minimum Gasteiger partial charge on any atom is -0.255 e. The third kappa shape index (κ3) is 3.93. The molecule has 132 valence electrons. The van der Waals surface area contributed by atoms with Crippen LogP contribution in [0.3, 0.4) is 0 Å². The number of halogens is 1. The summed E-state index contributed by atoms with van der Waals surface area (Å²) in [5.74, 6) is 0. The van der Waals surface area contributed by atoms with Crippen molar-refractivity contribution in [1.82, 2.24) is 19.6 Å². The highest BCUT2D eigenvalue weighted by Gasteiger charge is 2.34. The summed E-state index contributed by atoms with van der Waals surface area (Å²) in [6.07, 6.45) is 4.84. The Bertz CT molecular complexity index is 896. The fraction of sp³-hybridized carbons (Fsp3) is 0.421. The monoisotopic (exact) mass is 372 g/mol. The van der Waals surface area contributed by atoms with Crippen molar-refractivity contribution in [2.24, 2.45) is 0 Å². The fourth-order valence-corrected chi connectivity index (χ4v) is 4.39. The van der Waals surface area contributed by atoms with Gasteiger partial charge in [0.05, 0.1) is 20.0 Å². The number of rotatable bonds is 4. The number of fused-ring (bicyclic) bond motifs is 1. The van der Waals surface area contributed by atoms with Crippen LogP contribution >= 0.6 is 11.6 Å². The van der Waals surface area contributed by atoms with E-state index in [-0.39, 0.29) is 0 Å². The summed E-state index contributed by atoms with van der Waals surface area (Å²) >= 11 is 5.95. The quantitative estimate of drug-likeness (QED) is 0.568. The molecule has 3 rings (SSSR count). The van der Waals surface area contributed by atoms with E-state index in [1.54, 1.807) is 10.6 Å². The zero-order valence-electron chi connectivity index (χ0n) is 15.5. The zero-order chi connectivity index (χ0) is 18.2. The summed E-state index contributed by atoms with van der Waals surface area (Å²) < 4.78 is 1.70. The number of pyridine rings is 1. The standard InChI is InChI=1S/C19H25ClN4Si/c1-19(2,3)25(4,5)11-9-14-8-10-21-15(12-14)16-13-24-18(22-16)7-6-17(20)23-24/h6-8,10,12-13H,9,11H2,1-5H3. The lowest BCUT2D eigenvalue weighted by Gasteiger charge is -2.37. The van der Waals surface area contributed by atoms with Gasteiger partial charge in [0, 0.05) is 6.20 Å². The zero-order valence-corrected chi connectivity index (χ0v) is 17.3. The van der Waals surface area contributed by atoms with Crippen LogP contribution in [-0.4, -0.2) is 27.7 Å². The maximum atomic E-state index is 5.95. The molecule has 25 heavy (non-hydrogen) atoms. The molecule has 4 nitrogen and oxygen atoms in total. The Morgan fingerprint density at radius 2 is 1.88 bits per heavy atom. The first-order chi connectivity index (χ1) is 11.7. The lowest BCUT2D eigenvalue weighted by atomic mass is 10.1. The summed E-state index contributed by atoms with van der Waals surface area (Å²) in [6, 6.07) is 9.14. The Balaban J connectivity index is 1.83. The summed E-state index contributed by atoms with van der Waals surface area (Å²) in [4.78, 5) is 9.10. The third-order valence-electron chi connectivity index (χ3n) is 5.44. The minimum atomic E-state index is -1.28. The molecule has 0 aliphatic rings. The smallest absolute Gasteiger partial charge is 0.154 e. The van der Waals surface area contributed by atoms with Crippen molar-refractivity contribution >= 4 is 25.3 Å². The maximum absolute atomic E-state index is 5.95. The Kier molecular flexibility index (Phi) is 4.73. The van der Waals surface area contributed by atoms with Gasteiger partial charge >= 0.3 is 0 Å². The second-order valence-corrected chi connectivity index (χ2v) is 14.4. The molecular weight excluding hydrogens is 348 g/mol. The van der Waals surface area contributed by atoms with Crippen LogP contribution in [0.1, 0.15) is 26.3 Å². The normalized spacial score (nSPS) is 12.7. The van der Waals surface area contributed by atoms with Gasteiger partial charge in [-0.15, -0.1) is 0 Å². The van der Waals surface area contributed by atoms with Gasteiger partial charge in [0.15, 0.2) is 5.65 Å². The molecule has 0 N–H and O–H groups in total. The molecule has 3 aromatic heterocycles. The van der Waals surface area contributed by atoms with Crippen LogP contribution in [0.2, 0.25) is 29.3 Å². The van der Waals surface area contributed by atoms with Crippen molar-refractivity contribution in [2.45, 2.75) is 51.4 Å². The van der Waals surface area contributed by atoms with Crippen molar-refractivity contribution in [1.29, 1.82) is 0 Å². The summed E-state index contributed by atoms with van der Waals surface area (Å²) in [6.45, 7) is 12.1. The van der Waals surface area contributed by atoms with Gasteiger partial charge in [-0.25, -0.2) is 9.50 Å². The molecule has 0 fully saturated rings. The molecule has 3 aromatic rings. The van der Waals surface area contributed by atoms with E-state index in [1.165, 1.54) is 11.6 Å². The molecule has 0 saturated heterocycles. The number of nitrogens with zero attached hydrogens (tertiary/aromatic N) is 4. The number of hydrogen-bond acceptors (Lipinski definition) is 3. The van der Waals surface area contributed by atoms with Crippen molar-refractivity contribution in [2.75, 3.05) is 0 Å². The van der Waals surface area contributed by atoms with E-state index in [0.29, 0.717) is 10.2 Å². The Hall–Kier alpha value is -1.72. The van der Waals surface area contributed by atoms with E-state index >= 15 is 0 Å². The van der Waals surface area contributed by atoms with E-state index in [0.717, 1.165) is 23.5 Å². The average molecular weight is 373 g/mol.